The predicted octanol–water partition coefficient (Wildman–Crippen LogP) is 24.4. The first-order chi connectivity index (χ1) is 40.0. The Hall–Kier alpha value is -3.15. The highest BCUT2D eigenvalue weighted by Gasteiger charge is 2.19. The fourth-order valence-corrected chi connectivity index (χ4v) is 10.4. The van der Waals surface area contributed by atoms with E-state index >= 15 is 0 Å². The van der Waals surface area contributed by atoms with Gasteiger partial charge in [0, 0.05) is 19.3 Å². The van der Waals surface area contributed by atoms with Crippen molar-refractivity contribution < 1.29 is 28.6 Å². The van der Waals surface area contributed by atoms with Crippen LogP contribution in [-0.2, 0) is 28.6 Å². The van der Waals surface area contributed by atoms with E-state index in [9.17, 15) is 14.4 Å². The summed E-state index contributed by atoms with van der Waals surface area (Å²) in [5.74, 6) is -0.855. The molecule has 0 spiro atoms. The Kier molecular flexibility index (Phi) is 66.6. The molecule has 0 saturated heterocycles. The fraction of sp³-hybridized carbons (Fsp3) is 0.800. The zero-order valence-electron chi connectivity index (χ0n) is 54.1. The molecule has 1 unspecified atom stereocenters. The molecular formula is C75H134O6. The minimum absolute atomic E-state index is 0.0730. The largest absolute Gasteiger partial charge is 0.462 e. The van der Waals surface area contributed by atoms with Crippen LogP contribution in [0, 0.1) is 0 Å². The van der Waals surface area contributed by atoms with Crippen LogP contribution in [0.4, 0.5) is 0 Å². The van der Waals surface area contributed by atoms with Gasteiger partial charge in [-0.15, -0.1) is 0 Å². The van der Waals surface area contributed by atoms with Gasteiger partial charge < -0.3 is 14.2 Å². The van der Waals surface area contributed by atoms with Gasteiger partial charge in [0.15, 0.2) is 6.10 Å². The number of hydrogen-bond acceptors (Lipinski definition) is 6. The molecule has 0 fully saturated rings. The number of hydrogen-bond donors (Lipinski definition) is 0. The van der Waals surface area contributed by atoms with E-state index in [1.54, 1.807) is 0 Å². The van der Waals surface area contributed by atoms with E-state index in [2.05, 4.69) is 93.7 Å². The molecule has 0 N–H and O–H groups in total. The number of carbonyl (C=O) groups excluding carboxylic acids is 3. The molecule has 0 aromatic carbocycles. The zero-order chi connectivity index (χ0) is 58.5. The Morgan fingerprint density at radius 1 is 0.259 bits per heavy atom. The molecule has 0 aliphatic carbocycles. The second-order valence-electron chi connectivity index (χ2n) is 23.8. The minimum atomic E-state index is -0.778. The smallest absolute Gasteiger partial charge is 0.306 e. The van der Waals surface area contributed by atoms with Crippen molar-refractivity contribution in [1.82, 2.24) is 0 Å². The number of carbonyl (C=O) groups is 3. The minimum Gasteiger partial charge on any atom is -0.462 e. The van der Waals surface area contributed by atoms with Crippen molar-refractivity contribution in [3.8, 4) is 0 Å². The highest BCUT2D eigenvalue weighted by atomic mass is 16.6. The normalized spacial score (nSPS) is 12.5. The van der Waals surface area contributed by atoms with Crippen LogP contribution in [0.3, 0.4) is 0 Å². The maximum absolute atomic E-state index is 13.0. The molecular weight excluding hydrogens is 997 g/mol. The van der Waals surface area contributed by atoms with Crippen LogP contribution in [0.25, 0.3) is 0 Å². The number of rotatable bonds is 65. The topological polar surface area (TPSA) is 78.9 Å². The lowest BCUT2D eigenvalue weighted by Crippen LogP contribution is -2.30. The second kappa shape index (κ2) is 69.3. The third kappa shape index (κ3) is 67.5. The summed E-state index contributed by atoms with van der Waals surface area (Å²) in [5.41, 5.74) is 0. The van der Waals surface area contributed by atoms with Crippen LogP contribution in [-0.4, -0.2) is 37.2 Å². The molecule has 0 aromatic heterocycles. The summed E-state index contributed by atoms with van der Waals surface area (Å²) < 4.78 is 17.0. The van der Waals surface area contributed by atoms with Crippen molar-refractivity contribution in [2.75, 3.05) is 13.2 Å². The number of esters is 3. The van der Waals surface area contributed by atoms with Gasteiger partial charge in [0.2, 0.25) is 0 Å². The molecule has 0 saturated carbocycles. The molecule has 0 aromatic rings. The van der Waals surface area contributed by atoms with Gasteiger partial charge in [0.25, 0.3) is 0 Å². The molecule has 0 radical (unpaired) electrons. The average Bonchev–Trinajstić information content (AvgIpc) is 3.47. The van der Waals surface area contributed by atoms with E-state index in [1.807, 2.05) is 0 Å². The van der Waals surface area contributed by atoms with E-state index in [1.165, 1.54) is 238 Å². The van der Waals surface area contributed by atoms with Crippen molar-refractivity contribution in [3.05, 3.63) is 72.9 Å². The molecule has 81 heavy (non-hydrogen) atoms. The van der Waals surface area contributed by atoms with Crippen LogP contribution in [0.5, 0.6) is 0 Å². The van der Waals surface area contributed by atoms with Crippen molar-refractivity contribution in [2.24, 2.45) is 0 Å². The predicted molar refractivity (Wildman–Crippen MR) is 353 cm³/mol. The van der Waals surface area contributed by atoms with Gasteiger partial charge in [-0.2, -0.15) is 0 Å². The van der Waals surface area contributed by atoms with Crippen molar-refractivity contribution in [3.63, 3.8) is 0 Å². The average molecular weight is 1130 g/mol. The van der Waals surface area contributed by atoms with E-state index in [-0.39, 0.29) is 31.1 Å². The number of unbranched alkanes of at least 4 members (excludes halogenated alkanes) is 42. The Balaban J connectivity index is 4.33. The molecule has 1 atom stereocenters. The highest BCUT2D eigenvalue weighted by Crippen LogP contribution is 2.18. The standard InChI is InChI=1S/C75H134O6/c1-4-7-10-13-16-19-22-25-28-31-33-35-36-37-38-40-41-44-47-50-53-56-59-62-65-68-74(77)80-71-72(70-79-73(76)67-64-61-58-55-52-49-46-43-30-27-24-21-18-15-12-9-6-3)81-75(78)69-66-63-60-57-54-51-48-45-42-39-34-32-29-26-23-20-17-14-11-8-5-2/h7,10,16,19,23,25-26,28,32-35,72H,4-6,8-9,11-15,17-18,20-22,24,27,29-31,36-71H2,1-3H3/b10-7-,19-16-,26-23-,28-25-,34-32-,35-33-. The van der Waals surface area contributed by atoms with Crippen LogP contribution >= 0.6 is 0 Å². The quantitative estimate of drug-likeness (QED) is 0.0261. The molecule has 6 nitrogen and oxygen atoms in total. The summed E-state index contributed by atoms with van der Waals surface area (Å²) in [6.07, 6.45) is 90.6. The van der Waals surface area contributed by atoms with Crippen LogP contribution in [0.1, 0.15) is 367 Å². The molecule has 470 valence electrons. The van der Waals surface area contributed by atoms with Gasteiger partial charge in [-0.05, 0) is 89.9 Å². The zero-order valence-corrected chi connectivity index (χ0v) is 54.1. The first kappa shape index (κ1) is 77.9. The summed E-state index contributed by atoms with van der Waals surface area (Å²) in [4.78, 5) is 38.5. The van der Waals surface area contributed by atoms with Crippen LogP contribution < -0.4 is 0 Å². The Labute approximate surface area is 503 Å². The fourth-order valence-electron chi connectivity index (χ4n) is 10.4. The van der Waals surface area contributed by atoms with Gasteiger partial charge in [0.1, 0.15) is 13.2 Å². The molecule has 0 bridgehead atoms. The maximum Gasteiger partial charge on any atom is 0.306 e. The molecule has 0 aliphatic heterocycles. The lowest BCUT2D eigenvalue weighted by atomic mass is 10.0. The summed E-state index contributed by atoms with van der Waals surface area (Å²) in [5, 5.41) is 0. The van der Waals surface area contributed by atoms with E-state index in [0.717, 1.165) is 89.9 Å². The van der Waals surface area contributed by atoms with Gasteiger partial charge in [-0.1, -0.05) is 331 Å². The van der Waals surface area contributed by atoms with Crippen molar-refractivity contribution in [1.29, 1.82) is 0 Å². The second-order valence-corrected chi connectivity index (χ2v) is 23.8. The van der Waals surface area contributed by atoms with Crippen molar-refractivity contribution in [2.45, 2.75) is 374 Å². The van der Waals surface area contributed by atoms with Gasteiger partial charge in [-0.25, -0.2) is 0 Å². The lowest BCUT2D eigenvalue weighted by Gasteiger charge is -2.18. The third-order valence-corrected chi connectivity index (χ3v) is 15.7. The van der Waals surface area contributed by atoms with E-state index in [4.69, 9.17) is 14.2 Å². The molecule has 0 heterocycles. The van der Waals surface area contributed by atoms with E-state index < -0.39 is 6.10 Å². The molecule has 0 amide bonds. The number of allylic oxidation sites excluding steroid dienone is 12. The summed E-state index contributed by atoms with van der Waals surface area (Å²) >= 11 is 0. The molecule has 6 heteroatoms. The third-order valence-electron chi connectivity index (χ3n) is 15.7. The number of ether oxygens (including phenoxy) is 3. The van der Waals surface area contributed by atoms with Gasteiger partial charge in [-0.3, -0.25) is 14.4 Å². The van der Waals surface area contributed by atoms with Crippen LogP contribution in [0.15, 0.2) is 72.9 Å². The highest BCUT2D eigenvalue weighted by molar-refractivity contribution is 5.71. The Bertz CT molecular complexity index is 1490. The van der Waals surface area contributed by atoms with E-state index in [0.29, 0.717) is 19.3 Å². The lowest BCUT2D eigenvalue weighted by molar-refractivity contribution is -0.167. The summed E-state index contributed by atoms with van der Waals surface area (Å²) in [7, 11) is 0. The summed E-state index contributed by atoms with van der Waals surface area (Å²) in [6, 6.07) is 0. The maximum atomic E-state index is 13.0. The monoisotopic (exact) mass is 1130 g/mol. The van der Waals surface area contributed by atoms with Crippen LogP contribution in [0.2, 0.25) is 0 Å². The van der Waals surface area contributed by atoms with Gasteiger partial charge in [0.05, 0.1) is 0 Å². The first-order valence-corrected chi connectivity index (χ1v) is 35.4. The first-order valence-electron chi connectivity index (χ1n) is 35.4. The van der Waals surface area contributed by atoms with Gasteiger partial charge >= 0.3 is 17.9 Å². The van der Waals surface area contributed by atoms with Crippen molar-refractivity contribution >= 4 is 17.9 Å². The summed E-state index contributed by atoms with van der Waals surface area (Å²) in [6.45, 7) is 6.58. The molecule has 0 aliphatic rings. The Morgan fingerprint density at radius 3 is 0.753 bits per heavy atom. The Morgan fingerprint density at radius 2 is 0.481 bits per heavy atom. The SMILES string of the molecule is CC/C=C\C/C=C\C/C=C\C/C=C\CCCCCCCCCCCCCCC(=O)OCC(COC(=O)CCCCCCCCCCCCCCCCCCC)OC(=O)CCCCCCCCCCC/C=C\C/C=C\CCCCCCC. The molecule has 0 rings (SSSR count).